The van der Waals surface area contributed by atoms with Crippen molar-refractivity contribution in [3.8, 4) is 0 Å². The molecule has 0 aliphatic carbocycles. The summed E-state index contributed by atoms with van der Waals surface area (Å²) < 4.78 is 4.86. The van der Waals surface area contributed by atoms with E-state index >= 15 is 0 Å². The summed E-state index contributed by atoms with van der Waals surface area (Å²) in [6, 6.07) is 5.25. The molecule has 136 valence electrons. The Balaban J connectivity index is 1.86. The first-order valence-corrected chi connectivity index (χ1v) is 8.71. The van der Waals surface area contributed by atoms with Crippen LogP contribution in [0.15, 0.2) is 30.9 Å². The fourth-order valence-corrected chi connectivity index (χ4v) is 3.11. The molecule has 2 amide bonds. The van der Waals surface area contributed by atoms with Crippen LogP contribution in [0, 0.1) is 0 Å². The molecular formula is C17H21Cl2N3O3. The Morgan fingerprint density at radius 2 is 2.12 bits per heavy atom. The van der Waals surface area contributed by atoms with E-state index in [2.05, 4.69) is 17.2 Å². The van der Waals surface area contributed by atoms with E-state index in [9.17, 15) is 9.59 Å². The topological polar surface area (TPSA) is 70.7 Å². The van der Waals surface area contributed by atoms with Gasteiger partial charge in [-0.1, -0.05) is 35.9 Å². The molecule has 0 spiro atoms. The van der Waals surface area contributed by atoms with Crippen molar-refractivity contribution in [3.05, 3.63) is 46.5 Å². The van der Waals surface area contributed by atoms with E-state index in [1.165, 1.54) is 6.08 Å². The van der Waals surface area contributed by atoms with Gasteiger partial charge in [-0.3, -0.25) is 4.79 Å². The summed E-state index contributed by atoms with van der Waals surface area (Å²) in [5.41, 5.74) is 0.885. The molecule has 1 fully saturated rings. The van der Waals surface area contributed by atoms with Crippen LogP contribution in [0.4, 0.5) is 4.79 Å². The third-order valence-corrected chi connectivity index (χ3v) is 4.20. The van der Waals surface area contributed by atoms with Crippen LogP contribution < -0.4 is 10.6 Å². The highest BCUT2D eigenvalue weighted by Crippen LogP contribution is 2.20. The van der Waals surface area contributed by atoms with Crippen LogP contribution in [0.25, 0.3) is 0 Å². The Kier molecular flexibility index (Phi) is 7.55. The predicted molar refractivity (Wildman–Crippen MR) is 97.8 cm³/mol. The number of benzene rings is 1. The lowest BCUT2D eigenvalue weighted by Crippen LogP contribution is -2.42. The molecule has 25 heavy (non-hydrogen) atoms. The van der Waals surface area contributed by atoms with Gasteiger partial charge in [0.1, 0.15) is 6.61 Å². The molecule has 8 heteroatoms. The number of nitrogens with zero attached hydrogens (tertiary/aromatic N) is 1. The Bertz CT molecular complexity index is 619. The average Bonchev–Trinajstić information content (AvgIpc) is 2.73. The van der Waals surface area contributed by atoms with E-state index in [1.54, 1.807) is 23.1 Å². The number of amides is 2. The molecule has 0 radical (unpaired) electrons. The lowest BCUT2D eigenvalue weighted by atomic mass is 10.2. The van der Waals surface area contributed by atoms with E-state index in [0.717, 1.165) is 5.56 Å². The maximum Gasteiger partial charge on any atom is 0.407 e. The number of carbonyl (C=O) groups excluding carboxylic acids is 2. The summed E-state index contributed by atoms with van der Waals surface area (Å²) >= 11 is 12.0. The van der Waals surface area contributed by atoms with Crippen LogP contribution in [-0.4, -0.2) is 49.2 Å². The maximum absolute atomic E-state index is 12.3. The molecule has 0 saturated carbocycles. The van der Waals surface area contributed by atoms with Crippen LogP contribution in [-0.2, 0) is 16.1 Å². The first kappa shape index (κ1) is 19.6. The van der Waals surface area contributed by atoms with Gasteiger partial charge in [-0.2, -0.15) is 0 Å². The normalized spacial score (nSPS) is 17.8. The summed E-state index contributed by atoms with van der Waals surface area (Å²) in [6.07, 6.45) is 1.71. The minimum Gasteiger partial charge on any atom is -0.445 e. The number of halogens is 2. The van der Waals surface area contributed by atoms with Gasteiger partial charge in [0.05, 0.1) is 6.54 Å². The van der Waals surface area contributed by atoms with Gasteiger partial charge in [-0.25, -0.2) is 4.79 Å². The minimum atomic E-state index is -0.498. The Hall–Kier alpha value is -1.76. The number of ether oxygens (including phenoxy) is 1. The van der Waals surface area contributed by atoms with Crippen molar-refractivity contribution < 1.29 is 14.3 Å². The molecule has 0 unspecified atom stereocenters. The van der Waals surface area contributed by atoms with Crippen molar-refractivity contribution in [2.75, 3.05) is 26.2 Å². The molecule has 1 atom stereocenters. The zero-order chi connectivity index (χ0) is 18.2. The smallest absolute Gasteiger partial charge is 0.407 e. The van der Waals surface area contributed by atoms with E-state index in [-0.39, 0.29) is 25.1 Å². The second-order valence-electron chi connectivity index (χ2n) is 5.73. The Labute approximate surface area is 157 Å². The highest BCUT2D eigenvalue weighted by atomic mass is 35.5. The van der Waals surface area contributed by atoms with Crippen molar-refractivity contribution in [2.45, 2.75) is 19.0 Å². The van der Waals surface area contributed by atoms with Gasteiger partial charge in [0, 0.05) is 35.7 Å². The third kappa shape index (κ3) is 6.57. The van der Waals surface area contributed by atoms with Gasteiger partial charge in [-0.15, -0.1) is 0 Å². The summed E-state index contributed by atoms with van der Waals surface area (Å²) in [5, 5.41) is 6.91. The average molecular weight is 386 g/mol. The Morgan fingerprint density at radius 1 is 1.40 bits per heavy atom. The van der Waals surface area contributed by atoms with Crippen LogP contribution >= 0.6 is 23.2 Å². The SMILES string of the molecule is C=CCOC(=O)NC[C@@H]1CCN(Cc2cc(Cl)cc(Cl)c2)C(=O)CN1. The summed E-state index contributed by atoms with van der Waals surface area (Å²) in [5.74, 6) is -0.00664. The standard InChI is InChI=1S/C17H21Cl2N3O3/c1-2-5-25-17(24)21-9-15-3-4-22(16(23)10-20-15)11-12-6-13(18)8-14(19)7-12/h2,6-8,15,20H,1,3-5,9-11H2,(H,21,24)/t15-/m0/s1. The molecule has 2 rings (SSSR count). The molecule has 1 aliphatic heterocycles. The van der Waals surface area contributed by atoms with Crippen LogP contribution in [0.1, 0.15) is 12.0 Å². The van der Waals surface area contributed by atoms with Gasteiger partial charge >= 0.3 is 6.09 Å². The van der Waals surface area contributed by atoms with Crippen molar-refractivity contribution in [1.29, 1.82) is 0 Å². The van der Waals surface area contributed by atoms with E-state index in [0.29, 0.717) is 36.1 Å². The molecule has 1 heterocycles. The van der Waals surface area contributed by atoms with Crippen molar-refractivity contribution in [1.82, 2.24) is 15.5 Å². The van der Waals surface area contributed by atoms with E-state index in [1.807, 2.05) is 0 Å². The molecular weight excluding hydrogens is 365 g/mol. The molecule has 2 N–H and O–H groups in total. The maximum atomic E-state index is 12.3. The van der Waals surface area contributed by atoms with Gasteiger partial charge in [0.25, 0.3) is 0 Å². The van der Waals surface area contributed by atoms with Crippen LogP contribution in [0.2, 0.25) is 10.0 Å². The quantitative estimate of drug-likeness (QED) is 0.738. The fourth-order valence-electron chi connectivity index (χ4n) is 2.54. The fraction of sp³-hybridized carbons (Fsp3) is 0.412. The summed E-state index contributed by atoms with van der Waals surface area (Å²) in [7, 11) is 0. The number of alkyl carbamates (subject to hydrolysis) is 1. The molecule has 1 aliphatic rings. The minimum absolute atomic E-state index is 0.00631. The highest BCUT2D eigenvalue weighted by molar-refractivity contribution is 6.34. The predicted octanol–water partition coefficient (Wildman–Crippen LogP) is 2.60. The zero-order valence-corrected chi connectivity index (χ0v) is 15.3. The largest absolute Gasteiger partial charge is 0.445 e. The number of carbonyl (C=O) groups is 2. The zero-order valence-electron chi connectivity index (χ0n) is 13.8. The van der Waals surface area contributed by atoms with Crippen LogP contribution in [0.5, 0.6) is 0 Å². The number of nitrogens with one attached hydrogen (secondary N) is 2. The van der Waals surface area contributed by atoms with Crippen LogP contribution in [0.3, 0.4) is 0 Å². The second-order valence-corrected chi connectivity index (χ2v) is 6.60. The first-order valence-electron chi connectivity index (χ1n) is 7.95. The van der Waals surface area contributed by atoms with Crippen molar-refractivity contribution >= 4 is 35.2 Å². The number of hydrogen-bond acceptors (Lipinski definition) is 4. The van der Waals surface area contributed by atoms with Gasteiger partial charge < -0.3 is 20.3 Å². The molecule has 1 aromatic carbocycles. The molecule has 1 saturated heterocycles. The molecule has 1 aromatic rings. The van der Waals surface area contributed by atoms with Crippen molar-refractivity contribution in [2.24, 2.45) is 0 Å². The summed E-state index contributed by atoms with van der Waals surface area (Å²) in [4.78, 5) is 25.5. The van der Waals surface area contributed by atoms with E-state index < -0.39 is 6.09 Å². The molecule has 0 aromatic heterocycles. The number of hydrogen-bond donors (Lipinski definition) is 2. The first-order chi connectivity index (χ1) is 12.0. The van der Waals surface area contributed by atoms with Gasteiger partial charge in [-0.05, 0) is 30.2 Å². The highest BCUT2D eigenvalue weighted by Gasteiger charge is 2.22. The van der Waals surface area contributed by atoms with E-state index in [4.69, 9.17) is 27.9 Å². The molecule has 6 nitrogen and oxygen atoms in total. The third-order valence-electron chi connectivity index (χ3n) is 3.76. The van der Waals surface area contributed by atoms with Gasteiger partial charge in [0.15, 0.2) is 0 Å². The lowest BCUT2D eigenvalue weighted by molar-refractivity contribution is -0.130. The Morgan fingerprint density at radius 3 is 2.80 bits per heavy atom. The lowest BCUT2D eigenvalue weighted by Gasteiger charge is -2.21. The number of rotatable bonds is 6. The van der Waals surface area contributed by atoms with Crippen molar-refractivity contribution in [3.63, 3.8) is 0 Å². The summed E-state index contributed by atoms with van der Waals surface area (Å²) in [6.45, 7) is 5.26. The molecule has 0 bridgehead atoms. The second kappa shape index (κ2) is 9.65. The monoisotopic (exact) mass is 385 g/mol. The van der Waals surface area contributed by atoms with Gasteiger partial charge in [0.2, 0.25) is 5.91 Å².